The second kappa shape index (κ2) is 11.0. The normalized spacial score (nSPS) is 11.1. The van der Waals surface area contributed by atoms with Crippen LogP contribution in [0.5, 0.6) is 5.75 Å². The van der Waals surface area contributed by atoms with Gasteiger partial charge in [0.2, 0.25) is 5.76 Å². The summed E-state index contributed by atoms with van der Waals surface area (Å²) < 4.78 is 16.4. The van der Waals surface area contributed by atoms with Crippen molar-refractivity contribution in [3.05, 3.63) is 71.5 Å². The predicted octanol–water partition coefficient (Wildman–Crippen LogP) is 4.99. The van der Waals surface area contributed by atoms with Crippen molar-refractivity contribution in [3.8, 4) is 5.75 Å². The fraction of sp³-hybridized carbons (Fsp3) is 0.318. The number of esters is 1. The standard InChI is InChI=1S/C22H26O4/c1-3-5-15-25-21(22(23)24-4-2)16-18-11-13-20(14-12-18)26-17-19-9-7-6-8-10-19/h6-14,16H,3-5,15,17H2,1-2H3/b21-16-. The van der Waals surface area contributed by atoms with Crippen molar-refractivity contribution in [2.24, 2.45) is 0 Å². The summed E-state index contributed by atoms with van der Waals surface area (Å²) in [4.78, 5) is 12.0. The summed E-state index contributed by atoms with van der Waals surface area (Å²) in [6.45, 7) is 5.19. The summed E-state index contributed by atoms with van der Waals surface area (Å²) in [6, 6.07) is 17.5. The highest BCUT2D eigenvalue weighted by Gasteiger charge is 2.12. The molecule has 0 spiro atoms. The number of carbonyl (C=O) groups is 1. The van der Waals surface area contributed by atoms with E-state index in [1.807, 2.05) is 54.6 Å². The summed E-state index contributed by atoms with van der Waals surface area (Å²) in [5, 5.41) is 0. The summed E-state index contributed by atoms with van der Waals surface area (Å²) in [7, 11) is 0. The Hall–Kier alpha value is -2.75. The first-order chi connectivity index (χ1) is 12.7. The van der Waals surface area contributed by atoms with Gasteiger partial charge in [-0.2, -0.15) is 0 Å². The fourth-order valence-corrected chi connectivity index (χ4v) is 2.24. The van der Waals surface area contributed by atoms with Crippen molar-refractivity contribution in [2.75, 3.05) is 13.2 Å². The molecule has 26 heavy (non-hydrogen) atoms. The van der Waals surface area contributed by atoms with Gasteiger partial charge in [-0.05, 0) is 42.7 Å². The molecule has 0 aliphatic heterocycles. The first-order valence-corrected chi connectivity index (χ1v) is 9.01. The van der Waals surface area contributed by atoms with E-state index in [9.17, 15) is 4.79 Å². The number of unbranched alkanes of at least 4 members (excludes halogenated alkanes) is 1. The third-order valence-corrected chi connectivity index (χ3v) is 3.66. The lowest BCUT2D eigenvalue weighted by Crippen LogP contribution is -2.11. The number of carbonyl (C=O) groups excluding carboxylic acids is 1. The molecule has 0 aliphatic rings. The van der Waals surface area contributed by atoms with Crippen molar-refractivity contribution in [3.63, 3.8) is 0 Å². The topological polar surface area (TPSA) is 44.8 Å². The maximum Gasteiger partial charge on any atom is 0.373 e. The number of benzene rings is 2. The van der Waals surface area contributed by atoms with E-state index in [2.05, 4.69) is 6.92 Å². The SMILES string of the molecule is CCCCO/C(=C\c1ccc(OCc2ccccc2)cc1)C(=O)OCC. The number of hydrogen-bond acceptors (Lipinski definition) is 4. The Labute approximate surface area is 155 Å². The van der Waals surface area contributed by atoms with Gasteiger partial charge in [0.1, 0.15) is 12.4 Å². The maximum atomic E-state index is 12.0. The third-order valence-electron chi connectivity index (χ3n) is 3.66. The van der Waals surface area contributed by atoms with E-state index in [4.69, 9.17) is 14.2 Å². The first kappa shape index (κ1) is 19.6. The Kier molecular flexibility index (Phi) is 8.27. The molecule has 0 unspecified atom stereocenters. The van der Waals surface area contributed by atoms with E-state index in [0.29, 0.717) is 19.8 Å². The van der Waals surface area contributed by atoms with Crippen molar-refractivity contribution < 1.29 is 19.0 Å². The maximum absolute atomic E-state index is 12.0. The molecule has 4 heteroatoms. The molecule has 0 aliphatic carbocycles. The minimum Gasteiger partial charge on any atom is -0.489 e. The van der Waals surface area contributed by atoms with Crippen LogP contribution in [0, 0.1) is 0 Å². The highest BCUT2D eigenvalue weighted by atomic mass is 16.6. The zero-order valence-corrected chi connectivity index (χ0v) is 15.4. The molecule has 0 amide bonds. The number of hydrogen-bond donors (Lipinski definition) is 0. The highest BCUT2D eigenvalue weighted by Crippen LogP contribution is 2.17. The molecule has 0 saturated carbocycles. The van der Waals surface area contributed by atoms with Gasteiger partial charge < -0.3 is 14.2 Å². The summed E-state index contributed by atoms with van der Waals surface area (Å²) >= 11 is 0. The Balaban J connectivity index is 2.00. The lowest BCUT2D eigenvalue weighted by Gasteiger charge is -2.10. The van der Waals surface area contributed by atoms with Gasteiger partial charge in [0, 0.05) is 0 Å². The second-order valence-electron chi connectivity index (χ2n) is 5.77. The molecular weight excluding hydrogens is 328 g/mol. The van der Waals surface area contributed by atoms with Gasteiger partial charge in [0.15, 0.2) is 0 Å². The average Bonchev–Trinajstić information content (AvgIpc) is 2.68. The molecule has 138 valence electrons. The van der Waals surface area contributed by atoms with Crippen LogP contribution in [0.2, 0.25) is 0 Å². The molecule has 0 N–H and O–H groups in total. The van der Waals surface area contributed by atoms with E-state index in [1.165, 1.54) is 0 Å². The summed E-state index contributed by atoms with van der Waals surface area (Å²) in [5.74, 6) is 0.571. The fourth-order valence-electron chi connectivity index (χ4n) is 2.24. The average molecular weight is 354 g/mol. The van der Waals surface area contributed by atoms with Crippen molar-refractivity contribution in [1.29, 1.82) is 0 Å². The minimum atomic E-state index is -0.437. The molecule has 0 bridgehead atoms. The van der Waals surface area contributed by atoms with Crippen LogP contribution in [0.3, 0.4) is 0 Å². The van der Waals surface area contributed by atoms with Gasteiger partial charge in [-0.15, -0.1) is 0 Å². The van der Waals surface area contributed by atoms with Crippen LogP contribution < -0.4 is 4.74 Å². The van der Waals surface area contributed by atoms with Crippen molar-refractivity contribution in [2.45, 2.75) is 33.3 Å². The Morgan fingerprint density at radius 2 is 1.69 bits per heavy atom. The molecular formula is C22H26O4. The van der Waals surface area contributed by atoms with Gasteiger partial charge in [-0.25, -0.2) is 4.79 Å². The van der Waals surface area contributed by atoms with Gasteiger partial charge >= 0.3 is 5.97 Å². The van der Waals surface area contributed by atoms with Crippen LogP contribution in [-0.2, 0) is 20.9 Å². The van der Waals surface area contributed by atoms with Crippen molar-refractivity contribution in [1.82, 2.24) is 0 Å². The van der Waals surface area contributed by atoms with E-state index in [-0.39, 0.29) is 5.76 Å². The van der Waals surface area contributed by atoms with Crippen LogP contribution in [0.25, 0.3) is 6.08 Å². The lowest BCUT2D eigenvalue weighted by atomic mass is 10.2. The van der Waals surface area contributed by atoms with Crippen LogP contribution in [0.1, 0.15) is 37.8 Å². The van der Waals surface area contributed by atoms with E-state index < -0.39 is 5.97 Å². The van der Waals surface area contributed by atoms with E-state index in [0.717, 1.165) is 29.7 Å². The Bertz CT molecular complexity index is 690. The molecule has 0 fully saturated rings. The van der Waals surface area contributed by atoms with E-state index >= 15 is 0 Å². The van der Waals surface area contributed by atoms with Crippen LogP contribution in [-0.4, -0.2) is 19.2 Å². The zero-order valence-electron chi connectivity index (χ0n) is 15.4. The Morgan fingerprint density at radius 1 is 0.962 bits per heavy atom. The third kappa shape index (κ3) is 6.63. The molecule has 0 aromatic heterocycles. The van der Waals surface area contributed by atoms with Crippen LogP contribution in [0.4, 0.5) is 0 Å². The molecule has 0 saturated heterocycles. The molecule has 2 rings (SSSR count). The first-order valence-electron chi connectivity index (χ1n) is 9.01. The van der Waals surface area contributed by atoms with Crippen LogP contribution in [0.15, 0.2) is 60.4 Å². The molecule has 0 radical (unpaired) electrons. The van der Waals surface area contributed by atoms with Gasteiger partial charge in [-0.3, -0.25) is 0 Å². The second-order valence-corrected chi connectivity index (χ2v) is 5.77. The number of ether oxygens (including phenoxy) is 3. The molecule has 2 aromatic carbocycles. The molecule has 2 aromatic rings. The van der Waals surface area contributed by atoms with Crippen LogP contribution >= 0.6 is 0 Å². The monoisotopic (exact) mass is 354 g/mol. The van der Waals surface area contributed by atoms with Crippen molar-refractivity contribution >= 4 is 12.0 Å². The minimum absolute atomic E-state index is 0.234. The highest BCUT2D eigenvalue weighted by molar-refractivity contribution is 5.91. The molecule has 4 nitrogen and oxygen atoms in total. The Morgan fingerprint density at radius 3 is 2.35 bits per heavy atom. The predicted molar refractivity (Wildman–Crippen MR) is 103 cm³/mol. The van der Waals surface area contributed by atoms with Gasteiger partial charge in [0.05, 0.1) is 13.2 Å². The van der Waals surface area contributed by atoms with E-state index in [1.54, 1.807) is 13.0 Å². The largest absolute Gasteiger partial charge is 0.489 e. The number of rotatable bonds is 10. The summed E-state index contributed by atoms with van der Waals surface area (Å²) in [5.41, 5.74) is 1.97. The smallest absolute Gasteiger partial charge is 0.373 e. The molecule has 0 heterocycles. The molecule has 0 atom stereocenters. The van der Waals surface area contributed by atoms with Gasteiger partial charge in [-0.1, -0.05) is 55.8 Å². The summed E-state index contributed by atoms with van der Waals surface area (Å²) in [6.07, 6.45) is 3.60. The zero-order chi connectivity index (χ0) is 18.6. The quantitative estimate of drug-likeness (QED) is 0.261. The lowest BCUT2D eigenvalue weighted by molar-refractivity contribution is -0.142. The van der Waals surface area contributed by atoms with Gasteiger partial charge in [0.25, 0.3) is 0 Å².